The number of ketones is 1. The largest absolute Gasteiger partial charge is 0.300 e. The summed E-state index contributed by atoms with van der Waals surface area (Å²) >= 11 is 0. The Morgan fingerprint density at radius 2 is 1.81 bits per heavy atom. The molecule has 0 aromatic heterocycles. The van der Waals surface area contributed by atoms with Crippen LogP contribution in [0.15, 0.2) is 30.3 Å². The summed E-state index contributed by atoms with van der Waals surface area (Å²) < 4.78 is 15.3. The van der Waals surface area contributed by atoms with Crippen LogP contribution in [0, 0.1) is 5.92 Å². The predicted molar refractivity (Wildman–Crippen MR) is 89.3 cm³/mol. The molecule has 3 nitrogen and oxygen atoms in total. The van der Waals surface area contributed by atoms with E-state index in [1.54, 1.807) is 6.92 Å². The van der Waals surface area contributed by atoms with E-state index in [1.165, 1.54) is 0 Å². The Bertz CT molecular complexity index is 479. The first kappa shape index (κ1) is 18.1. The summed E-state index contributed by atoms with van der Waals surface area (Å²) in [5.41, 5.74) is 1.12. The number of carbonyl (C=O) groups excluding carboxylic acids is 1. The molecule has 21 heavy (non-hydrogen) atoms. The summed E-state index contributed by atoms with van der Waals surface area (Å²) in [5, 5.41) is 0. The summed E-state index contributed by atoms with van der Waals surface area (Å²) in [5.74, 6) is 0.462. The first-order valence-corrected chi connectivity index (χ1v) is 8.57. The second kappa shape index (κ2) is 7.85. The lowest BCUT2D eigenvalue weighted by molar-refractivity contribution is -0.117. The molecule has 0 heterocycles. The Hall–Kier alpha value is -1.00. The van der Waals surface area contributed by atoms with Crippen molar-refractivity contribution in [2.75, 3.05) is 0 Å². The number of rotatable bonds is 7. The molecular formula is C17H27NO2S. The van der Waals surface area contributed by atoms with Gasteiger partial charge in [0.2, 0.25) is 0 Å². The van der Waals surface area contributed by atoms with Gasteiger partial charge in [-0.15, -0.1) is 0 Å². The molecule has 0 bridgehead atoms. The lowest BCUT2D eigenvalue weighted by Gasteiger charge is -2.26. The zero-order chi connectivity index (χ0) is 16.0. The van der Waals surface area contributed by atoms with E-state index in [0.717, 1.165) is 12.0 Å². The number of carbonyl (C=O) groups is 1. The van der Waals surface area contributed by atoms with Crippen molar-refractivity contribution in [1.82, 2.24) is 4.72 Å². The fraction of sp³-hybridized carbons (Fsp3) is 0.588. The summed E-state index contributed by atoms with van der Waals surface area (Å²) in [4.78, 5) is 11.3. The summed E-state index contributed by atoms with van der Waals surface area (Å²) in [7, 11) is -1.13. The first-order chi connectivity index (χ1) is 9.70. The quantitative estimate of drug-likeness (QED) is 0.833. The highest BCUT2D eigenvalue weighted by Gasteiger charge is 2.24. The molecule has 0 aliphatic rings. The van der Waals surface area contributed by atoms with E-state index in [4.69, 9.17) is 0 Å². The molecule has 1 rings (SSSR count). The molecule has 3 atom stereocenters. The predicted octanol–water partition coefficient (Wildman–Crippen LogP) is 3.78. The highest BCUT2D eigenvalue weighted by atomic mass is 32.2. The molecule has 0 radical (unpaired) electrons. The minimum absolute atomic E-state index is 0.000563. The third-order valence-electron chi connectivity index (χ3n) is 3.28. The number of benzene rings is 1. The van der Waals surface area contributed by atoms with E-state index in [9.17, 15) is 9.00 Å². The lowest BCUT2D eigenvalue weighted by Crippen LogP contribution is -2.36. The van der Waals surface area contributed by atoms with Crippen LogP contribution >= 0.6 is 0 Å². The topological polar surface area (TPSA) is 46.2 Å². The lowest BCUT2D eigenvalue weighted by atomic mass is 9.93. The van der Waals surface area contributed by atoms with Crippen molar-refractivity contribution >= 4 is 16.8 Å². The number of hydrogen-bond acceptors (Lipinski definition) is 2. The highest BCUT2D eigenvalue weighted by Crippen LogP contribution is 2.25. The molecule has 1 aromatic carbocycles. The molecule has 0 saturated carbocycles. The van der Waals surface area contributed by atoms with Gasteiger partial charge in [0.15, 0.2) is 0 Å². The Labute approximate surface area is 131 Å². The molecule has 118 valence electrons. The van der Waals surface area contributed by atoms with Crippen molar-refractivity contribution < 1.29 is 9.00 Å². The van der Waals surface area contributed by atoms with E-state index in [2.05, 4.69) is 11.6 Å². The molecule has 1 N–H and O–H groups in total. The fourth-order valence-corrected chi connectivity index (χ4v) is 3.06. The van der Waals surface area contributed by atoms with E-state index >= 15 is 0 Å². The van der Waals surface area contributed by atoms with Crippen LogP contribution < -0.4 is 4.72 Å². The number of hydrogen-bond donors (Lipinski definition) is 1. The standard InChI is InChI=1S/C17H27NO2S/c1-13(11-14(2)19)12-16(15-9-7-6-8-10-15)18-21(20)17(3,4)5/h6-10,13,16,18H,11-12H2,1-5H3/t13-,16-,21+/m0/s1. The van der Waals surface area contributed by atoms with Crippen LogP contribution in [0.3, 0.4) is 0 Å². The third kappa shape index (κ3) is 6.53. The van der Waals surface area contributed by atoms with Crippen LogP contribution in [0.25, 0.3) is 0 Å². The SMILES string of the molecule is CC(=O)C[C@H](C)C[C@H](N[S@](=O)C(C)(C)C)c1ccccc1. The fourth-order valence-electron chi connectivity index (χ4n) is 2.22. The maximum atomic E-state index is 12.4. The van der Waals surface area contributed by atoms with Gasteiger partial charge in [0.05, 0.1) is 15.7 Å². The number of nitrogens with one attached hydrogen (secondary N) is 1. The van der Waals surface area contributed by atoms with Crippen LogP contribution in [0.5, 0.6) is 0 Å². The zero-order valence-corrected chi connectivity index (χ0v) is 14.5. The van der Waals surface area contributed by atoms with Crippen molar-refractivity contribution in [3.63, 3.8) is 0 Å². The van der Waals surface area contributed by atoms with Gasteiger partial charge < -0.3 is 4.79 Å². The van der Waals surface area contributed by atoms with Crippen LogP contribution in [0.2, 0.25) is 0 Å². The minimum atomic E-state index is -1.13. The Balaban J connectivity index is 2.86. The van der Waals surface area contributed by atoms with Crippen LogP contribution in [0.4, 0.5) is 0 Å². The summed E-state index contributed by atoms with van der Waals surface area (Å²) in [6.45, 7) is 9.55. The van der Waals surface area contributed by atoms with Gasteiger partial charge in [0.1, 0.15) is 5.78 Å². The van der Waals surface area contributed by atoms with Gasteiger partial charge in [0.25, 0.3) is 0 Å². The zero-order valence-electron chi connectivity index (χ0n) is 13.7. The van der Waals surface area contributed by atoms with Crippen molar-refractivity contribution in [2.45, 2.75) is 58.2 Å². The molecule has 0 fully saturated rings. The second-order valence-corrected chi connectivity index (χ2v) is 8.71. The third-order valence-corrected chi connectivity index (χ3v) is 4.89. The van der Waals surface area contributed by atoms with Gasteiger partial charge in [-0.3, -0.25) is 0 Å². The van der Waals surface area contributed by atoms with E-state index in [-0.39, 0.29) is 22.5 Å². The molecule has 1 aromatic rings. The van der Waals surface area contributed by atoms with E-state index in [1.807, 2.05) is 51.1 Å². The average Bonchev–Trinajstić information content (AvgIpc) is 2.36. The minimum Gasteiger partial charge on any atom is -0.300 e. The Morgan fingerprint density at radius 3 is 2.29 bits per heavy atom. The molecule has 0 saturated heterocycles. The maximum Gasteiger partial charge on any atom is 0.130 e. The molecule has 0 aliphatic carbocycles. The van der Waals surface area contributed by atoms with Crippen LogP contribution in [-0.2, 0) is 15.8 Å². The van der Waals surface area contributed by atoms with Crippen molar-refractivity contribution in [2.24, 2.45) is 5.92 Å². The number of Topliss-reactive ketones (excluding diaryl/α,β-unsaturated/α-hetero) is 1. The Kier molecular flexibility index (Phi) is 6.75. The molecular weight excluding hydrogens is 282 g/mol. The monoisotopic (exact) mass is 309 g/mol. The van der Waals surface area contributed by atoms with Crippen LogP contribution in [0.1, 0.15) is 59.1 Å². The van der Waals surface area contributed by atoms with Crippen LogP contribution in [-0.4, -0.2) is 14.7 Å². The van der Waals surface area contributed by atoms with E-state index in [0.29, 0.717) is 6.42 Å². The maximum absolute atomic E-state index is 12.4. The van der Waals surface area contributed by atoms with E-state index < -0.39 is 11.0 Å². The normalized spacial score (nSPS) is 16.2. The molecule has 0 unspecified atom stereocenters. The van der Waals surface area contributed by atoms with Gasteiger partial charge in [-0.05, 0) is 45.6 Å². The van der Waals surface area contributed by atoms with Gasteiger partial charge in [0, 0.05) is 12.5 Å². The molecule has 0 aliphatic heterocycles. The molecule has 0 amide bonds. The summed E-state index contributed by atoms with van der Waals surface area (Å²) in [6.07, 6.45) is 1.36. The smallest absolute Gasteiger partial charge is 0.130 e. The first-order valence-electron chi connectivity index (χ1n) is 7.42. The average molecular weight is 309 g/mol. The summed E-state index contributed by atoms with van der Waals surface area (Å²) in [6, 6.07) is 10.0. The van der Waals surface area contributed by atoms with Gasteiger partial charge in [-0.25, -0.2) is 8.93 Å². The van der Waals surface area contributed by atoms with Gasteiger partial charge in [-0.1, -0.05) is 37.3 Å². The molecule has 0 spiro atoms. The Morgan fingerprint density at radius 1 is 1.24 bits per heavy atom. The van der Waals surface area contributed by atoms with Crippen molar-refractivity contribution in [3.05, 3.63) is 35.9 Å². The van der Waals surface area contributed by atoms with Gasteiger partial charge in [-0.2, -0.15) is 0 Å². The molecule has 4 heteroatoms. The van der Waals surface area contributed by atoms with Crippen molar-refractivity contribution in [3.8, 4) is 0 Å². The van der Waals surface area contributed by atoms with Crippen molar-refractivity contribution in [1.29, 1.82) is 0 Å². The second-order valence-electron chi connectivity index (χ2n) is 6.71. The highest BCUT2D eigenvalue weighted by molar-refractivity contribution is 7.84. The van der Waals surface area contributed by atoms with Gasteiger partial charge >= 0.3 is 0 Å².